The van der Waals surface area contributed by atoms with E-state index in [1.54, 1.807) is 0 Å². The first-order valence-electron chi connectivity index (χ1n) is 21.9. The number of hydrogen-bond acceptors (Lipinski definition) is 2. The van der Waals surface area contributed by atoms with Gasteiger partial charge >= 0.3 is 0 Å². The largest absolute Gasteiger partial charge is 0.310 e. The quantitative estimate of drug-likeness (QED) is 0.147. The lowest BCUT2D eigenvalue weighted by molar-refractivity contribution is 1.28. The predicted octanol–water partition coefficient (Wildman–Crippen LogP) is 18.2. The average Bonchev–Trinajstić information content (AvgIpc) is 3.76. The minimum Gasteiger partial charge on any atom is -0.310 e. The van der Waals surface area contributed by atoms with Crippen LogP contribution in [0.1, 0.15) is 0 Å². The van der Waals surface area contributed by atoms with Crippen molar-refractivity contribution in [1.82, 2.24) is 0 Å². The molecule has 0 saturated carbocycles. The maximum atomic E-state index is 2.44. The van der Waals surface area contributed by atoms with Crippen molar-refractivity contribution < 1.29 is 0 Å². The van der Waals surface area contributed by atoms with Gasteiger partial charge < -0.3 is 4.90 Å². The molecule has 11 aromatic carbocycles. The zero-order valence-electron chi connectivity index (χ0n) is 35.0. The van der Waals surface area contributed by atoms with E-state index >= 15 is 0 Å². The van der Waals surface area contributed by atoms with E-state index in [9.17, 15) is 0 Å². The topological polar surface area (TPSA) is 3.24 Å². The number of fused-ring (bicyclic) bond motifs is 5. The van der Waals surface area contributed by atoms with Crippen LogP contribution in [0.15, 0.2) is 249 Å². The minimum absolute atomic E-state index is 1.09. The van der Waals surface area contributed by atoms with Crippen molar-refractivity contribution in [1.29, 1.82) is 0 Å². The third kappa shape index (κ3) is 6.82. The molecule has 0 spiro atoms. The zero-order chi connectivity index (χ0) is 42.4. The standard InChI is InChI=1S/C62H41NS/c1-2-15-47-39-51(34-31-42(47)13-1)49-18-9-17-48(40-49)50-19-10-20-53(41-50)63(59-26-7-5-22-56(59)57-25-12-28-61-62(57)58-23-6-8-27-60(58)64-61)52-37-35-44(36-38-52)43-29-32-46(33-30-43)55-24-11-16-45-14-3-4-21-54(45)55/h1-41H. The highest BCUT2D eigenvalue weighted by atomic mass is 32.1. The number of rotatable bonds is 8. The summed E-state index contributed by atoms with van der Waals surface area (Å²) in [5, 5.41) is 7.62. The Morgan fingerprint density at radius 1 is 0.266 bits per heavy atom. The fraction of sp³-hybridized carbons (Fsp3) is 0. The van der Waals surface area contributed by atoms with Gasteiger partial charge in [-0.25, -0.2) is 0 Å². The monoisotopic (exact) mass is 831 g/mol. The van der Waals surface area contributed by atoms with Crippen molar-refractivity contribution in [3.05, 3.63) is 249 Å². The van der Waals surface area contributed by atoms with Crippen LogP contribution in [0, 0.1) is 0 Å². The molecule has 0 aliphatic heterocycles. The molecule has 12 rings (SSSR count). The average molecular weight is 832 g/mol. The number of hydrogen-bond donors (Lipinski definition) is 0. The summed E-state index contributed by atoms with van der Waals surface area (Å²) in [4.78, 5) is 2.44. The summed E-state index contributed by atoms with van der Waals surface area (Å²) in [6.45, 7) is 0. The van der Waals surface area contributed by atoms with Gasteiger partial charge in [-0.3, -0.25) is 0 Å². The van der Waals surface area contributed by atoms with E-state index in [1.165, 1.54) is 91.8 Å². The van der Waals surface area contributed by atoms with Gasteiger partial charge in [0, 0.05) is 37.1 Å². The summed E-state index contributed by atoms with van der Waals surface area (Å²) < 4.78 is 2.60. The molecule has 0 aliphatic rings. The van der Waals surface area contributed by atoms with E-state index in [2.05, 4.69) is 254 Å². The Bertz CT molecular complexity index is 3670. The van der Waals surface area contributed by atoms with E-state index in [1.807, 2.05) is 11.3 Å². The Morgan fingerprint density at radius 3 is 1.62 bits per heavy atom. The number of thiophene rings is 1. The molecule has 12 aromatic rings. The fourth-order valence-corrected chi connectivity index (χ4v) is 10.6. The van der Waals surface area contributed by atoms with Crippen LogP contribution in [-0.2, 0) is 0 Å². The van der Waals surface area contributed by atoms with Crippen molar-refractivity contribution in [3.63, 3.8) is 0 Å². The first-order valence-corrected chi connectivity index (χ1v) is 22.7. The molecule has 0 unspecified atom stereocenters. The molecule has 0 aliphatic carbocycles. The number of para-hydroxylation sites is 1. The first kappa shape index (κ1) is 37.7. The van der Waals surface area contributed by atoms with Crippen molar-refractivity contribution >= 4 is 70.1 Å². The second-order valence-corrected chi connectivity index (χ2v) is 17.6. The molecule has 0 bridgehead atoms. The first-order chi connectivity index (χ1) is 31.7. The molecule has 0 N–H and O–H groups in total. The Hall–Kier alpha value is -8.04. The van der Waals surface area contributed by atoms with Crippen LogP contribution in [0.25, 0.3) is 97.4 Å². The Morgan fingerprint density at radius 2 is 0.797 bits per heavy atom. The summed E-state index contributed by atoms with van der Waals surface area (Å²) in [7, 11) is 0. The van der Waals surface area contributed by atoms with E-state index < -0.39 is 0 Å². The van der Waals surface area contributed by atoms with E-state index in [0.717, 1.165) is 22.6 Å². The van der Waals surface area contributed by atoms with Crippen LogP contribution in [0.2, 0.25) is 0 Å². The van der Waals surface area contributed by atoms with Gasteiger partial charge in [-0.2, -0.15) is 0 Å². The molecular weight excluding hydrogens is 791 g/mol. The maximum Gasteiger partial charge on any atom is 0.0540 e. The molecule has 0 saturated heterocycles. The van der Waals surface area contributed by atoms with Gasteiger partial charge in [0.1, 0.15) is 0 Å². The fourth-order valence-electron chi connectivity index (χ4n) is 9.52. The van der Waals surface area contributed by atoms with E-state index in [-0.39, 0.29) is 0 Å². The smallest absolute Gasteiger partial charge is 0.0540 e. The highest BCUT2D eigenvalue weighted by Crippen LogP contribution is 2.47. The van der Waals surface area contributed by atoms with Crippen LogP contribution < -0.4 is 4.90 Å². The highest BCUT2D eigenvalue weighted by Gasteiger charge is 2.20. The van der Waals surface area contributed by atoms with Gasteiger partial charge in [0.25, 0.3) is 0 Å². The Balaban J connectivity index is 0.967. The summed E-state index contributed by atoms with van der Waals surface area (Å²) in [5.41, 5.74) is 15.3. The van der Waals surface area contributed by atoms with Crippen LogP contribution in [0.5, 0.6) is 0 Å². The zero-order valence-corrected chi connectivity index (χ0v) is 35.8. The predicted molar refractivity (Wildman–Crippen MR) is 276 cm³/mol. The minimum atomic E-state index is 1.09. The van der Waals surface area contributed by atoms with Crippen molar-refractivity contribution in [2.45, 2.75) is 0 Å². The Kier molecular flexibility index (Phi) is 9.43. The van der Waals surface area contributed by atoms with Gasteiger partial charge in [0.05, 0.1) is 5.69 Å². The van der Waals surface area contributed by atoms with Crippen molar-refractivity contribution in [2.24, 2.45) is 0 Å². The lowest BCUT2D eigenvalue weighted by atomic mass is 9.95. The molecule has 1 nitrogen and oxygen atoms in total. The second kappa shape index (κ2) is 16.0. The molecule has 2 heteroatoms. The summed E-state index contributed by atoms with van der Waals surface area (Å²) in [5.74, 6) is 0. The SMILES string of the molecule is c1cc(-c2cccc(N(c3ccc(-c4ccc(-c5cccc6ccccc56)cc4)cc3)c3ccccc3-c3cccc4sc5ccccc5c34)c2)cc(-c2ccc3ccccc3c2)c1. The van der Waals surface area contributed by atoms with Crippen LogP contribution >= 0.6 is 11.3 Å². The molecule has 64 heavy (non-hydrogen) atoms. The number of benzene rings is 11. The summed E-state index contributed by atoms with van der Waals surface area (Å²) >= 11 is 1.86. The van der Waals surface area contributed by atoms with Gasteiger partial charge in [-0.1, -0.05) is 194 Å². The highest BCUT2D eigenvalue weighted by molar-refractivity contribution is 7.25. The third-order valence-electron chi connectivity index (χ3n) is 12.7. The van der Waals surface area contributed by atoms with E-state index in [0.29, 0.717) is 0 Å². The van der Waals surface area contributed by atoms with Crippen molar-refractivity contribution in [3.8, 4) is 55.6 Å². The van der Waals surface area contributed by atoms with E-state index in [4.69, 9.17) is 0 Å². The molecule has 1 heterocycles. The lowest BCUT2D eigenvalue weighted by Gasteiger charge is -2.28. The third-order valence-corrected chi connectivity index (χ3v) is 13.8. The summed E-state index contributed by atoms with van der Waals surface area (Å²) in [6, 6.07) is 91.0. The molecule has 0 amide bonds. The van der Waals surface area contributed by atoms with Crippen LogP contribution in [-0.4, -0.2) is 0 Å². The van der Waals surface area contributed by atoms with Gasteiger partial charge in [-0.15, -0.1) is 11.3 Å². The maximum absolute atomic E-state index is 2.44. The summed E-state index contributed by atoms with van der Waals surface area (Å²) in [6.07, 6.45) is 0. The number of anilines is 3. The molecule has 0 fully saturated rings. The van der Waals surface area contributed by atoms with Crippen molar-refractivity contribution in [2.75, 3.05) is 4.90 Å². The Labute approximate surface area is 377 Å². The van der Waals surface area contributed by atoms with Crippen LogP contribution in [0.3, 0.4) is 0 Å². The second-order valence-electron chi connectivity index (χ2n) is 16.5. The lowest BCUT2D eigenvalue weighted by Crippen LogP contribution is -2.11. The normalized spacial score (nSPS) is 11.4. The molecule has 1 aromatic heterocycles. The number of nitrogens with zero attached hydrogens (tertiary/aromatic N) is 1. The molecule has 300 valence electrons. The van der Waals surface area contributed by atoms with Gasteiger partial charge in [0.2, 0.25) is 0 Å². The molecular formula is C62H41NS. The van der Waals surface area contributed by atoms with Crippen LogP contribution in [0.4, 0.5) is 17.1 Å². The molecule has 0 atom stereocenters. The molecule has 0 radical (unpaired) electrons. The van der Waals surface area contributed by atoms with Gasteiger partial charge in [0.15, 0.2) is 0 Å². The van der Waals surface area contributed by atoms with Gasteiger partial charge in [-0.05, 0) is 126 Å².